The van der Waals surface area contributed by atoms with Gasteiger partial charge in [0.15, 0.2) is 0 Å². The van der Waals surface area contributed by atoms with E-state index in [0.717, 1.165) is 31.2 Å². The molecule has 1 aliphatic rings. The molecule has 1 saturated heterocycles. The van der Waals surface area contributed by atoms with Crippen LogP contribution in [0.25, 0.3) is 0 Å². The second kappa shape index (κ2) is 5.34. The number of hydrogen-bond donors (Lipinski definition) is 1. The average molecular weight is 269 g/mol. The van der Waals surface area contributed by atoms with Crippen LogP contribution in [0.4, 0.5) is 0 Å². The minimum atomic E-state index is -0.772. The molecular formula is C12H19N3O2S. The molecule has 100 valence electrons. The lowest BCUT2D eigenvalue weighted by atomic mass is 9.95. The number of carboxylic acids is 1. The molecule has 0 saturated carbocycles. The fraction of sp³-hybridized carbons (Fsp3) is 0.667. The molecule has 0 aromatic carbocycles. The minimum absolute atomic E-state index is 0.101. The number of thiazole rings is 1. The van der Waals surface area contributed by atoms with Gasteiger partial charge in [0.2, 0.25) is 0 Å². The first-order chi connectivity index (χ1) is 8.52. The number of rotatable bonds is 4. The van der Waals surface area contributed by atoms with Crippen LogP contribution in [-0.2, 0) is 10.3 Å². The monoisotopic (exact) mass is 269 g/mol. The van der Waals surface area contributed by atoms with Crippen LogP contribution < -0.4 is 0 Å². The van der Waals surface area contributed by atoms with Crippen molar-refractivity contribution in [2.24, 2.45) is 0 Å². The predicted molar refractivity (Wildman–Crippen MR) is 70.8 cm³/mol. The first kappa shape index (κ1) is 13.5. The highest BCUT2D eigenvalue weighted by Gasteiger charge is 2.39. The molecule has 0 spiro atoms. The summed E-state index contributed by atoms with van der Waals surface area (Å²) in [5, 5.41) is 12.0. The molecule has 2 heterocycles. The van der Waals surface area contributed by atoms with E-state index in [0.29, 0.717) is 0 Å². The molecule has 1 N–H and O–H groups in total. The van der Waals surface area contributed by atoms with Crippen LogP contribution in [0.2, 0.25) is 0 Å². The summed E-state index contributed by atoms with van der Waals surface area (Å²) >= 11 is 1.54. The van der Waals surface area contributed by atoms with Gasteiger partial charge in [-0.1, -0.05) is 0 Å². The SMILES string of the molecule is CN1CCN(C(C)(CC(=O)O)c2nccs2)CC1. The molecule has 1 aromatic rings. The van der Waals surface area contributed by atoms with E-state index in [9.17, 15) is 9.90 Å². The Labute approximate surface area is 111 Å². The van der Waals surface area contributed by atoms with E-state index in [4.69, 9.17) is 0 Å². The Balaban J connectivity index is 2.22. The van der Waals surface area contributed by atoms with E-state index in [2.05, 4.69) is 21.8 Å². The van der Waals surface area contributed by atoms with Crippen LogP contribution in [-0.4, -0.2) is 59.1 Å². The largest absolute Gasteiger partial charge is 0.481 e. The lowest BCUT2D eigenvalue weighted by molar-refractivity contribution is -0.140. The van der Waals surface area contributed by atoms with Crippen LogP contribution in [0.3, 0.4) is 0 Å². The summed E-state index contributed by atoms with van der Waals surface area (Å²) < 4.78 is 0. The molecule has 6 heteroatoms. The Bertz CT molecular complexity index is 401. The van der Waals surface area contributed by atoms with Crippen molar-refractivity contribution in [1.29, 1.82) is 0 Å². The maximum atomic E-state index is 11.2. The average Bonchev–Trinajstić information content (AvgIpc) is 2.82. The maximum absolute atomic E-state index is 11.2. The summed E-state index contributed by atoms with van der Waals surface area (Å²) in [5.74, 6) is -0.772. The highest BCUT2D eigenvalue weighted by Crippen LogP contribution is 2.33. The molecule has 2 rings (SSSR count). The summed E-state index contributed by atoms with van der Waals surface area (Å²) in [5.41, 5.74) is -0.485. The van der Waals surface area contributed by atoms with Crippen molar-refractivity contribution in [3.8, 4) is 0 Å². The second-order valence-electron chi connectivity index (χ2n) is 4.97. The predicted octanol–water partition coefficient (Wildman–Crippen LogP) is 1.08. The van der Waals surface area contributed by atoms with Crippen molar-refractivity contribution in [2.45, 2.75) is 18.9 Å². The van der Waals surface area contributed by atoms with Gasteiger partial charge in [0.1, 0.15) is 5.01 Å². The standard InChI is InChI=1S/C12H19N3O2S/c1-12(9-10(16)17,11-13-3-8-18-11)15-6-4-14(2)5-7-15/h3,8H,4-7,9H2,1-2H3,(H,16,17). The number of aliphatic carboxylic acids is 1. The van der Waals surface area contributed by atoms with Gasteiger partial charge in [-0.25, -0.2) is 4.98 Å². The van der Waals surface area contributed by atoms with Crippen molar-refractivity contribution in [2.75, 3.05) is 33.2 Å². The molecule has 1 aliphatic heterocycles. The molecule has 18 heavy (non-hydrogen) atoms. The molecule has 0 bridgehead atoms. The molecule has 1 unspecified atom stereocenters. The molecule has 0 aliphatic carbocycles. The fourth-order valence-corrected chi connectivity index (χ4v) is 3.23. The van der Waals surface area contributed by atoms with Crippen LogP contribution in [0.1, 0.15) is 18.4 Å². The molecule has 0 radical (unpaired) electrons. The van der Waals surface area contributed by atoms with Gasteiger partial charge in [-0.15, -0.1) is 11.3 Å². The van der Waals surface area contributed by atoms with Gasteiger partial charge in [-0.2, -0.15) is 0 Å². The topological polar surface area (TPSA) is 56.7 Å². The number of aromatic nitrogens is 1. The highest BCUT2D eigenvalue weighted by atomic mass is 32.1. The zero-order chi connectivity index (χ0) is 13.2. The Morgan fingerprint density at radius 3 is 2.67 bits per heavy atom. The van der Waals surface area contributed by atoms with E-state index in [1.54, 1.807) is 6.20 Å². The van der Waals surface area contributed by atoms with E-state index in [-0.39, 0.29) is 6.42 Å². The number of carboxylic acid groups (broad SMARTS) is 1. The van der Waals surface area contributed by atoms with E-state index in [1.807, 2.05) is 12.3 Å². The zero-order valence-corrected chi connectivity index (χ0v) is 11.6. The summed E-state index contributed by atoms with van der Waals surface area (Å²) in [6.07, 6.45) is 1.85. The summed E-state index contributed by atoms with van der Waals surface area (Å²) in [7, 11) is 2.09. The lowest BCUT2D eigenvalue weighted by Crippen LogP contribution is -2.54. The van der Waals surface area contributed by atoms with Gasteiger partial charge < -0.3 is 10.0 Å². The van der Waals surface area contributed by atoms with Gasteiger partial charge in [0.05, 0.1) is 12.0 Å². The number of likely N-dealkylation sites (N-methyl/N-ethyl adjacent to an activating group) is 1. The number of nitrogens with zero attached hydrogens (tertiary/aromatic N) is 3. The first-order valence-electron chi connectivity index (χ1n) is 6.08. The quantitative estimate of drug-likeness (QED) is 0.886. The Morgan fingerprint density at radius 2 is 2.17 bits per heavy atom. The summed E-state index contributed by atoms with van der Waals surface area (Å²) in [4.78, 5) is 20.0. The number of piperazine rings is 1. The Morgan fingerprint density at radius 1 is 1.50 bits per heavy atom. The van der Waals surface area contributed by atoms with E-state index >= 15 is 0 Å². The van der Waals surface area contributed by atoms with Gasteiger partial charge in [-0.3, -0.25) is 9.69 Å². The lowest BCUT2D eigenvalue weighted by Gasteiger charge is -2.43. The van der Waals surface area contributed by atoms with Crippen LogP contribution in [0, 0.1) is 0 Å². The summed E-state index contributed by atoms with van der Waals surface area (Å²) in [6.45, 7) is 5.71. The third-order valence-corrected chi connectivity index (χ3v) is 4.62. The molecule has 1 atom stereocenters. The van der Waals surface area contributed by atoms with Crippen molar-refractivity contribution in [3.05, 3.63) is 16.6 Å². The van der Waals surface area contributed by atoms with Gasteiger partial charge in [0, 0.05) is 37.8 Å². The molecule has 0 amide bonds. The summed E-state index contributed by atoms with van der Waals surface area (Å²) in [6, 6.07) is 0. The molecular weight excluding hydrogens is 250 g/mol. The molecule has 1 aromatic heterocycles. The fourth-order valence-electron chi connectivity index (χ4n) is 2.41. The highest BCUT2D eigenvalue weighted by molar-refractivity contribution is 7.09. The molecule has 5 nitrogen and oxygen atoms in total. The third-order valence-electron chi connectivity index (χ3n) is 3.59. The third kappa shape index (κ3) is 2.71. The van der Waals surface area contributed by atoms with Gasteiger partial charge in [0.25, 0.3) is 0 Å². The minimum Gasteiger partial charge on any atom is -0.481 e. The Kier molecular flexibility index (Phi) is 3.99. The van der Waals surface area contributed by atoms with Crippen LogP contribution >= 0.6 is 11.3 Å². The number of hydrogen-bond acceptors (Lipinski definition) is 5. The van der Waals surface area contributed by atoms with Crippen molar-refractivity contribution < 1.29 is 9.90 Å². The second-order valence-corrected chi connectivity index (χ2v) is 5.87. The van der Waals surface area contributed by atoms with Crippen molar-refractivity contribution in [1.82, 2.24) is 14.8 Å². The molecule has 1 fully saturated rings. The number of carbonyl (C=O) groups is 1. The van der Waals surface area contributed by atoms with Gasteiger partial charge >= 0.3 is 5.97 Å². The normalized spacial score (nSPS) is 21.7. The van der Waals surface area contributed by atoms with Crippen LogP contribution in [0.5, 0.6) is 0 Å². The van der Waals surface area contributed by atoms with E-state index < -0.39 is 11.5 Å². The van der Waals surface area contributed by atoms with Crippen LogP contribution in [0.15, 0.2) is 11.6 Å². The maximum Gasteiger partial charge on any atom is 0.305 e. The first-order valence-corrected chi connectivity index (χ1v) is 6.96. The zero-order valence-electron chi connectivity index (χ0n) is 10.8. The van der Waals surface area contributed by atoms with Crippen molar-refractivity contribution >= 4 is 17.3 Å². The smallest absolute Gasteiger partial charge is 0.305 e. The van der Waals surface area contributed by atoms with E-state index in [1.165, 1.54) is 11.3 Å². The van der Waals surface area contributed by atoms with Crippen molar-refractivity contribution in [3.63, 3.8) is 0 Å². The van der Waals surface area contributed by atoms with Gasteiger partial charge in [-0.05, 0) is 14.0 Å². The Hall–Kier alpha value is -0.980.